The van der Waals surface area contributed by atoms with Crippen LogP contribution in [-0.4, -0.2) is 71.1 Å². The van der Waals surface area contributed by atoms with Crippen LogP contribution in [-0.2, 0) is 11.2 Å². The molecule has 1 fully saturated rings. The van der Waals surface area contributed by atoms with Crippen LogP contribution in [0, 0.1) is 0 Å². The van der Waals surface area contributed by atoms with Gasteiger partial charge in [-0.2, -0.15) is 0 Å². The van der Waals surface area contributed by atoms with Crippen LogP contribution in [0.25, 0.3) is 0 Å². The standard InChI is InChI=1S/C20H28N2O5/c1-19(2,22-9-8-21(18(25)26)13-20(22,3)4)11-14-6-7-16(17(24)27-5)15(10-14)12-23/h6-7,10,12H,8-9,11,13H2,1-5H3,(H,25,26). The van der Waals surface area contributed by atoms with Gasteiger partial charge in [0.15, 0.2) is 6.29 Å². The van der Waals surface area contributed by atoms with E-state index in [9.17, 15) is 19.5 Å². The van der Waals surface area contributed by atoms with Crippen LogP contribution < -0.4 is 0 Å². The van der Waals surface area contributed by atoms with Crippen LogP contribution in [0.15, 0.2) is 18.2 Å². The van der Waals surface area contributed by atoms with Crippen LogP contribution in [0.5, 0.6) is 0 Å². The number of carboxylic acid groups (broad SMARTS) is 1. The third-order valence-electron chi connectivity index (χ3n) is 5.19. The van der Waals surface area contributed by atoms with Gasteiger partial charge in [-0.25, -0.2) is 9.59 Å². The van der Waals surface area contributed by atoms with E-state index < -0.39 is 12.1 Å². The summed E-state index contributed by atoms with van der Waals surface area (Å²) in [6, 6.07) is 5.18. The highest BCUT2D eigenvalue weighted by molar-refractivity contribution is 5.98. The number of amides is 1. The van der Waals surface area contributed by atoms with E-state index in [-0.39, 0.29) is 16.6 Å². The third-order valence-corrected chi connectivity index (χ3v) is 5.19. The minimum absolute atomic E-state index is 0.254. The maximum absolute atomic E-state index is 11.8. The Morgan fingerprint density at radius 2 is 1.96 bits per heavy atom. The number of carbonyl (C=O) groups excluding carboxylic acids is 2. The molecule has 0 radical (unpaired) electrons. The number of hydrogen-bond donors (Lipinski definition) is 1. The Labute approximate surface area is 159 Å². The Morgan fingerprint density at radius 1 is 1.30 bits per heavy atom. The largest absolute Gasteiger partial charge is 0.465 e. The molecule has 1 amide bonds. The van der Waals surface area contributed by atoms with Crippen molar-refractivity contribution in [3.63, 3.8) is 0 Å². The predicted octanol–water partition coefficient (Wildman–Crippen LogP) is 2.68. The highest BCUT2D eigenvalue weighted by Crippen LogP contribution is 2.32. The zero-order valence-electron chi connectivity index (χ0n) is 16.6. The number of carbonyl (C=O) groups is 3. The van der Waals surface area contributed by atoms with Crippen molar-refractivity contribution in [3.05, 3.63) is 34.9 Å². The van der Waals surface area contributed by atoms with Crippen molar-refractivity contribution in [2.75, 3.05) is 26.7 Å². The average molecular weight is 376 g/mol. The van der Waals surface area contributed by atoms with Gasteiger partial charge in [-0.05, 0) is 51.8 Å². The van der Waals surface area contributed by atoms with E-state index in [1.165, 1.54) is 12.0 Å². The number of benzene rings is 1. The third kappa shape index (κ3) is 4.47. The fourth-order valence-electron chi connectivity index (χ4n) is 4.15. The summed E-state index contributed by atoms with van der Waals surface area (Å²) in [5, 5.41) is 9.28. The summed E-state index contributed by atoms with van der Waals surface area (Å²) in [4.78, 5) is 38.2. The van der Waals surface area contributed by atoms with Crippen molar-refractivity contribution in [1.29, 1.82) is 0 Å². The number of methoxy groups -OCH3 is 1. The van der Waals surface area contributed by atoms with Crippen LogP contribution in [0.4, 0.5) is 4.79 Å². The molecule has 1 N–H and O–H groups in total. The summed E-state index contributed by atoms with van der Waals surface area (Å²) >= 11 is 0. The molecule has 0 spiro atoms. The van der Waals surface area contributed by atoms with Gasteiger partial charge in [0, 0.05) is 36.3 Å². The second-order valence-electron chi connectivity index (χ2n) is 8.19. The molecule has 1 saturated heterocycles. The topological polar surface area (TPSA) is 87.2 Å². The molecule has 2 rings (SSSR count). The first-order valence-electron chi connectivity index (χ1n) is 8.94. The Morgan fingerprint density at radius 3 is 2.48 bits per heavy atom. The lowest BCUT2D eigenvalue weighted by molar-refractivity contribution is -0.0393. The molecule has 27 heavy (non-hydrogen) atoms. The van der Waals surface area contributed by atoms with Gasteiger partial charge in [-0.15, -0.1) is 0 Å². The lowest BCUT2D eigenvalue weighted by Crippen LogP contribution is -2.66. The quantitative estimate of drug-likeness (QED) is 0.628. The lowest BCUT2D eigenvalue weighted by Gasteiger charge is -2.53. The van der Waals surface area contributed by atoms with Crippen molar-refractivity contribution in [3.8, 4) is 0 Å². The maximum Gasteiger partial charge on any atom is 0.407 e. The van der Waals surface area contributed by atoms with Crippen LogP contribution in [0.1, 0.15) is 54.0 Å². The first kappa shape index (κ1) is 20.9. The monoisotopic (exact) mass is 376 g/mol. The number of esters is 1. The summed E-state index contributed by atoms with van der Waals surface area (Å²) in [7, 11) is 1.28. The number of rotatable bonds is 5. The average Bonchev–Trinajstić information content (AvgIpc) is 2.59. The van der Waals surface area contributed by atoms with Gasteiger partial charge in [-0.3, -0.25) is 9.69 Å². The van der Waals surface area contributed by atoms with Crippen LogP contribution in [0.2, 0.25) is 0 Å². The van der Waals surface area contributed by atoms with Gasteiger partial charge in [0.05, 0.1) is 12.7 Å². The summed E-state index contributed by atoms with van der Waals surface area (Å²) in [6.07, 6.45) is 0.430. The summed E-state index contributed by atoms with van der Waals surface area (Å²) in [5.41, 5.74) is 0.918. The van der Waals surface area contributed by atoms with E-state index in [2.05, 4.69) is 18.7 Å². The highest BCUT2D eigenvalue weighted by Gasteiger charge is 2.42. The summed E-state index contributed by atoms with van der Waals surface area (Å²) in [6.45, 7) is 9.84. The molecule has 0 bridgehead atoms. The van der Waals surface area contributed by atoms with Gasteiger partial charge < -0.3 is 14.7 Å². The number of piperazine rings is 1. The smallest absolute Gasteiger partial charge is 0.407 e. The molecule has 0 aliphatic carbocycles. The molecule has 148 valence electrons. The molecule has 0 saturated carbocycles. The highest BCUT2D eigenvalue weighted by atomic mass is 16.5. The fourth-order valence-corrected chi connectivity index (χ4v) is 4.15. The molecule has 1 aromatic carbocycles. The summed E-state index contributed by atoms with van der Waals surface area (Å²) < 4.78 is 4.71. The van der Waals surface area contributed by atoms with Crippen molar-refractivity contribution >= 4 is 18.3 Å². The molecule has 0 unspecified atom stereocenters. The molecule has 1 heterocycles. The Bertz CT molecular complexity index is 742. The van der Waals surface area contributed by atoms with Gasteiger partial charge in [0.2, 0.25) is 0 Å². The Kier molecular flexibility index (Phi) is 5.94. The Balaban J connectivity index is 2.24. The normalized spacial score (nSPS) is 17.4. The predicted molar refractivity (Wildman–Crippen MR) is 101 cm³/mol. The molecule has 7 nitrogen and oxygen atoms in total. The molecule has 1 aromatic rings. The van der Waals surface area contributed by atoms with Crippen molar-refractivity contribution < 1.29 is 24.2 Å². The Hall–Kier alpha value is -2.41. The van der Waals surface area contributed by atoms with Gasteiger partial charge in [0.1, 0.15) is 0 Å². The second-order valence-corrected chi connectivity index (χ2v) is 8.19. The first-order chi connectivity index (χ1) is 12.5. The SMILES string of the molecule is COC(=O)c1ccc(CC(C)(C)N2CCN(C(=O)O)CC2(C)C)cc1C=O. The fraction of sp³-hybridized carbons (Fsp3) is 0.550. The van der Waals surface area contributed by atoms with Gasteiger partial charge in [0.25, 0.3) is 0 Å². The van der Waals surface area contributed by atoms with E-state index in [1.54, 1.807) is 12.1 Å². The number of hydrogen-bond acceptors (Lipinski definition) is 5. The van der Waals surface area contributed by atoms with Crippen molar-refractivity contribution in [1.82, 2.24) is 9.80 Å². The number of aldehydes is 1. The molecular formula is C20H28N2O5. The van der Waals surface area contributed by atoms with E-state index >= 15 is 0 Å². The first-order valence-corrected chi connectivity index (χ1v) is 8.94. The van der Waals surface area contributed by atoms with E-state index in [1.807, 2.05) is 19.9 Å². The summed E-state index contributed by atoms with van der Waals surface area (Å²) in [5.74, 6) is -0.533. The van der Waals surface area contributed by atoms with Crippen molar-refractivity contribution in [2.45, 2.75) is 45.2 Å². The minimum atomic E-state index is -0.894. The van der Waals surface area contributed by atoms with Crippen molar-refractivity contribution in [2.24, 2.45) is 0 Å². The molecule has 0 aromatic heterocycles. The van der Waals surface area contributed by atoms with E-state index in [0.29, 0.717) is 37.9 Å². The zero-order chi connectivity index (χ0) is 20.4. The van der Waals surface area contributed by atoms with E-state index in [4.69, 9.17) is 4.74 Å². The zero-order valence-corrected chi connectivity index (χ0v) is 16.6. The molecule has 1 aliphatic rings. The maximum atomic E-state index is 11.8. The molecule has 1 aliphatic heterocycles. The number of ether oxygens (including phenoxy) is 1. The second kappa shape index (κ2) is 7.68. The minimum Gasteiger partial charge on any atom is -0.465 e. The lowest BCUT2D eigenvalue weighted by atomic mass is 9.85. The van der Waals surface area contributed by atoms with Crippen LogP contribution >= 0.6 is 0 Å². The molecule has 0 atom stereocenters. The van der Waals surface area contributed by atoms with Crippen LogP contribution in [0.3, 0.4) is 0 Å². The molecule has 7 heteroatoms. The van der Waals surface area contributed by atoms with Gasteiger partial charge >= 0.3 is 12.1 Å². The number of nitrogens with zero attached hydrogens (tertiary/aromatic N) is 2. The van der Waals surface area contributed by atoms with E-state index in [0.717, 1.165) is 5.56 Å². The molecular weight excluding hydrogens is 348 g/mol. The van der Waals surface area contributed by atoms with Gasteiger partial charge in [-0.1, -0.05) is 6.07 Å².